The number of hydrogen-bond donors (Lipinski definition) is 0. The maximum absolute atomic E-state index is 13.6. The molecule has 4 atom stereocenters. The van der Waals surface area contributed by atoms with Crippen molar-refractivity contribution in [1.82, 2.24) is 9.80 Å². The molecule has 0 spiro atoms. The zero-order valence-corrected chi connectivity index (χ0v) is 19.9. The van der Waals surface area contributed by atoms with Gasteiger partial charge in [0.15, 0.2) is 11.5 Å². The molecule has 6 nitrogen and oxygen atoms in total. The Morgan fingerprint density at radius 2 is 1.94 bits per heavy atom. The molecule has 1 aromatic rings. The van der Waals surface area contributed by atoms with Crippen molar-refractivity contribution >= 4 is 23.3 Å². The lowest BCUT2D eigenvalue weighted by Gasteiger charge is -2.37. The van der Waals surface area contributed by atoms with Crippen LogP contribution in [0.3, 0.4) is 0 Å². The molecule has 0 N–H and O–H groups in total. The second-order valence-corrected chi connectivity index (χ2v) is 9.87. The molecular formula is C25H33ClN2O4. The highest BCUT2D eigenvalue weighted by atomic mass is 35.5. The minimum absolute atomic E-state index is 0.0207. The lowest BCUT2D eigenvalue weighted by Crippen LogP contribution is -2.41. The number of halogens is 1. The molecule has 0 saturated heterocycles. The number of nitrogens with zero attached hydrogens (tertiary/aromatic N) is 2. The second kappa shape index (κ2) is 9.84. The highest BCUT2D eigenvalue weighted by Gasteiger charge is 2.52. The lowest BCUT2D eigenvalue weighted by molar-refractivity contribution is -0.135. The Balaban J connectivity index is 1.66. The minimum atomic E-state index is -0.427. The summed E-state index contributed by atoms with van der Waals surface area (Å²) in [5, 5.41) is -0.0207. The second-order valence-electron chi connectivity index (χ2n) is 9.26. The van der Waals surface area contributed by atoms with Gasteiger partial charge in [-0.15, -0.1) is 11.6 Å². The molecule has 1 aliphatic carbocycles. The van der Waals surface area contributed by atoms with Crippen molar-refractivity contribution in [3.8, 4) is 5.75 Å². The predicted octanol–water partition coefficient (Wildman–Crippen LogP) is 3.94. The number of alkyl halides is 1. The number of carbonyl (C=O) groups is 2. The van der Waals surface area contributed by atoms with Gasteiger partial charge in [0, 0.05) is 11.9 Å². The van der Waals surface area contributed by atoms with Gasteiger partial charge in [0.05, 0.1) is 24.1 Å². The molecule has 7 heteroatoms. The van der Waals surface area contributed by atoms with E-state index in [4.69, 9.17) is 21.1 Å². The van der Waals surface area contributed by atoms with Crippen molar-refractivity contribution in [3.05, 3.63) is 41.2 Å². The fraction of sp³-hybridized carbons (Fsp3) is 0.600. The van der Waals surface area contributed by atoms with E-state index in [1.807, 2.05) is 43.3 Å². The number of benzene rings is 1. The standard InChI is InChI=1S/C25H33ClN2O4/c1-4-14-31-18-9-6-16(7-10-18)22-21-23(29)19-15-17(26)8-11-20(19)32-24(21)25(30)28(22)13-5-12-27(2)3/h6-7,9-10,17,19-20,22H,4-5,8,11-15H2,1-3H3. The largest absolute Gasteiger partial charge is 0.494 e. The molecule has 2 aliphatic heterocycles. The van der Waals surface area contributed by atoms with Crippen molar-refractivity contribution in [3.63, 3.8) is 0 Å². The Morgan fingerprint density at radius 3 is 2.62 bits per heavy atom. The number of Topliss-reactive ketones (excluding diaryl/α,β-unsaturated/α-hetero) is 1. The van der Waals surface area contributed by atoms with Crippen LogP contribution in [0.15, 0.2) is 35.6 Å². The first-order valence-electron chi connectivity index (χ1n) is 11.7. The molecule has 1 fully saturated rings. The molecule has 2 heterocycles. The minimum Gasteiger partial charge on any atom is -0.494 e. The zero-order chi connectivity index (χ0) is 22.8. The molecule has 4 unspecified atom stereocenters. The first kappa shape index (κ1) is 23.1. The topological polar surface area (TPSA) is 59.1 Å². The van der Waals surface area contributed by atoms with Crippen LogP contribution in [0.5, 0.6) is 5.75 Å². The molecule has 0 radical (unpaired) electrons. The van der Waals surface area contributed by atoms with Gasteiger partial charge in [-0.2, -0.15) is 0 Å². The van der Waals surface area contributed by atoms with E-state index in [2.05, 4.69) is 11.8 Å². The van der Waals surface area contributed by atoms with Crippen molar-refractivity contribution in [2.75, 3.05) is 33.8 Å². The summed E-state index contributed by atoms with van der Waals surface area (Å²) in [6.07, 6.45) is 3.63. The Kier molecular flexibility index (Phi) is 7.11. The fourth-order valence-corrected chi connectivity index (χ4v) is 5.28. The van der Waals surface area contributed by atoms with Crippen LogP contribution in [-0.4, -0.2) is 66.8 Å². The van der Waals surface area contributed by atoms with E-state index in [1.54, 1.807) is 0 Å². The Labute approximate surface area is 195 Å². The molecule has 1 amide bonds. The van der Waals surface area contributed by atoms with Gasteiger partial charge in [-0.3, -0.25) is 9.59 Å². The van der Waals surface area contributed by atoms with Crippen LogP contribution in [0.25, 0.3) is 0 Å². The summed E-state index contributed by atoms with van der Waals surface area (Å²) >= 11 is 6.39. The smallest absolute Gasteiger partial charge is 0.290 e. The summed E-state index contributed by atoms with van der Waals surface area (Å²) in [6.45, 7) is 4.14. The van der Waals surface area contributed by atoms with Gasteiger partial charge in [0.25, 0.3) is 5.91 Å². The number of rotatable bonds is 8. The quantitative estimate of drug-likeness (QED) is 0.550. The lowest BCUT2D eigenvalue weighted by atomic mass is 9.77. The summed E-state index contributed by atoms with van der Waals surface area (Å²) < 4.78 is 11.9. The maximum Gasteiger partial charge on any atom is 0.290 e. The SMILES string of the molecule is CCCOc1ccc(C2C3=C(OC4CCC(Cl)CC4C3=O)C(=O)N2CCCN(C)C)cc1. The Bertz CT molecular complexity index is 882. The fourth-order valence-electron chi connectivity index (χ4n) is 4.96. The molecular weight excluding hydrogens is 428 g/mol. The summed E-state index contributed by atoms with van der Waals surface area (Å²) in [5.74, 6) is 0.632. The van der Waals surface area contributed by atoms with Gasteiger partial charge in [0.1, 0.15) is 11.9 Å². The molecule has 4 rings (SSSR count). The van der Waals surface area contributed by atoms with Gasteiger partial charge in [-0.05, 0) is 70.4 Å². The number of hydrogen-bond acceptors (Lipinski definition) is 5. The van der Waals surface area contributed by atoms with Crippen molar-refractivity contribution in [1.29, 1.82) is 0 Å². The predicted molar refractivity (Wildman–Crippen MR) is 124 cm³/mol. The number of amides is 1. The van der Waals surface area contributed by atoms with Crippen LogP contribution >= 0.6 is 11.6 Å². The van der Waals surface area contributed by atoms with Crippen molar-refractivity contribution in [2.24, 2.45) is 5.92 Å². The van der Waals surface area contributed by atoms with Gasteiger partial charge in [-0.1, -0.05) is 19.1 Å². The number of fused-ring (bicyclic) bond motifs is 1. The third kappa shape index (κ3) is 4.53. The van der Waals surface area contributed by atoms with E-state index in [1.165, 1.54) is 0 Å². The van der Waals surface area contributed by atoms with Gasteiger partial charge in [0.2, 0.25) is 0 Å². The summed E-state index contributed by atoms with van der Waals surface area (Å²) in [5.41, 5.74) is 1.42. The third-order valence-electron chi connectivity index (χ3n) is 6.55. The average molecular weight is 461 g/mol. The highest BCUT2D eigenvalue weighted by Crippen LogP contribution is 2.47. The van der Waals surface area contributed by atoms with Crippen molar-refractivity contribution < 1.29 is 19.1 Å². The first-order chi connectivity index (χ1) is 15.4. The van der Waals surface area contributed by atoms with Crippen molar-refractivity contribution in [2.45, 2.75) is 56.6 Å². The zero-order valence-electron chi connectivity index (χ0n) is 19.2. The summed E-state index contributed by atoms with van der Waals surface area (Å²) in [7, 11) is 4.03. The molecule has 3 aliphatic rings. The third-order valence-corrected chi connectivity index (χ3v) is 6.95. The van der Waals surface area contributed by atoms with Crippen LogP contribution in [0.1, 0.15) is 50.6 Å². The summed E-state index contributed by atoms with van der Waals surface area (Å²) in [4.78, 5) is 31.0. The van der Waals surface area contributed by atoms with Gasteiger partial charge >= 0.3 is 0 Å². The van der Waals surface area contributed by atoms with E-state index in [-0.39, 0.29) is 34.8 Å². The average Bonchev–Trinajstić information content (AvgIpc) is 3.05. The number of ether oxygens (including phenoxy) is 2. The van der Waals surface area contributed by atoms with E-state index in [0.717, 1.165) is 37.1 Å². The Hall–Kier alpha value is -2.05. The van der Waals surface area contributed by atoms with E-state index in [0.29, 0.717) is 31.6 Å². The van der Waals surface area contributed by atoms with Crippen LogP contribution in [0.2, 0.25) is 0 Å². The van der Waals surface area contributed by atoms with Gasteiger partial charge in [-0.25, -0.2) is 0 Å². The Morgan fingerprint density at radius 1 is 1.19 bits per heavy atom. The van der Waals surface area contributed by atoms with Crippen LogP contribution < -0.4 is 4.74 Å². The number of carbonyl (C=O) groups excluding carboxylic acids is 2. The monoisotopic (exact) mass is 460 g/mol. The molecule has 1 aromatic carbocycles. The molecule has 1 saturated carbocycles. The normalized spacial score (nSPS) is 27.5. The molecule has 174 valence electrons. The van der Waals surface area contributed by atoms with Crippen LogP contribution in [0.4, 0.5) is 0 Å². The highest BCUT2D eigenvalue weighted by molar-refractivity contribution is 6.21. The molecule has 0 bridgehead atoms. The van der Waals surface area contributed by atoms with E-state index >= 15 is 0 Å². The number of ketones is 1. The first-order valence-corrected chi connectivity index (χ1v) is 12.1. The molecule has 32 heavy (non-hydrogen) atoms. The summed E-state index contributed by atoms with van der Waals surface area (Å²) in [6, 6.07) is 7.32. The maximum atomic E-state index is 13.6. The van der Waals surface area contributed by atoms with Crippen LogP contribution in [0, 0.1) is 5.92 Å². The van der Waals surface area contributed by atoms with E-state index in [9.17, 15) is 9.59 Å². The van der Waals surface area contributed by atoms with Crippen LogP contribution in [-0.2, 0) is 14.3 Å². The van der Waals surface area contributed by atoms with Gasteiger partial charge < -0.3 is 19.3 Å². The van der Waals surface area contributed by atoms with E-state index < -0.39 is 6.04 Å². The molecule has 0 aromatic heterocycles.